The summed E-state index contributed by atoms with van der Waals surface area (Å²) >= 11 is 0. The molecule has 0 unspecified atom stereocenters. The van der Waals surface area contributed by atoms with Crippen molar-refractivity contribution in [3.63, 3.8) is 0 Å². The van der Waals surface area contributed by atoms with Gasteiger partial charge < -0.3 is 9.72 Å². The smallest absolute Gasteiger partial charge is 0.211 e. The number of rotatable bonds is 2. The maximum Gasteiger partial charge on any atom is 0.211 e. The molecule has 0 amide bonds. The van der Waals surface area contributed by atoms with Gasteiger partial charge in [0, 0.05) is 5.56 Å². The summed E-state index contributed by atoms with van der Waals surface area (Å²) in [4.78, 5) is 7.22. The van der Waals surface area contributed by atoms with Gasteiger partial charge in [0.1, 0.15) is 5.82 Å². The third kappa shape index (κ3) is 1.54. The van der Waals surface area contributed by atoms with E-state index in [-0.39, 0.29) is 0 Å². The van der Waals surface area contributed by atoms with Crippen molar-refractivity contribution in [2.75, 3.05) is 7.11 Å². The van der Waals surface area contributed by atoms with Gasteiger partial charge in [0.15, 0.2) is 0 Å². The minimum Gasteiger partial charge on any atom is -0.481 e. The Labute approximate surface area is 76.4 Å². The second-order valence-electron chi connectivity index (χ2n) is 2.67. The Bertz CT molecular complexity index is 381. The Morgan fingerprint density at radius 2 is 2.00 bits per heavy atom. The van der Waals surface area contributed by atoms with Crippen molar-refractivity contribution in [2.24, 2.45) is 0 Å². The molecule has 0 aliphatic heterocycles. The summed E-state index contributed by atoms with van der Waals surface area (Å²) in [5.41, 5.74) is 1.06. The number of nitrogens with zero attached hydrogens (tertiary/aromatic N) is 1. The molecule has 1 aromatic carbocycles. The lowest BCUT2D eigenvalue weighted by atomic mass is 10.2. The summed E-state index contributed by atoms with van der Waals surface area (Å²) in [7, 11) is 1.61. The number of aromatic nitrogens is 2. The van der Waals surface area contributed by atoms with Gasteiger partial charge in [-0.1, -0.05) is 30.3 Å². The zero-order valence-electron chi connectivity index (χ0n) is 7.32. The van der Waals surface area contributed by atoms with E-state index in [2.05, 4.69) is 9.97 Å². The van der Waals surface area contributed by atoms with E-state index < -0.39 is 0 Å². The van der Waals surface area contributed by atoms with Crippen molar-refractivity contribution in [1.82, 2.24) is 9.97 Å². The highest BCUT2D eigenvalue weighted by Crippen LogP contribution is 2.17. The third-order valence-corrected chi connectivity index (χ3v) is 1.82. The Hall–Kier alpha value is -1.77. The molecule has 13 heavy (non-hydrogen) atoms. The second kappa shape index (κ2) is 3.31. The molecule has 1 aromatic heterocycles. The number of aromatic amines is 1. The van der Waals surface area contributed by atoms with Crippen molar-refractivity contribution in [1.29, 1.82) is 0 Å². The molecule has 3 heteroatoms. The van der Waals surface area contributed by atoms with Crippen LogP contribution in [0, 0.1) is 0 Å². The summed E-state index contributed by atoms with van der Waals surface area (Å²) in [6.07, 6.45) is 1.67. The predicted octanol–water partition coefficient (Wildman–Crippen LogP) is 2.09. The first kappa shape index (κ1) is 7.86. The van der Waals surface area contributed by atoms with Gasteiger partial charge in [-0.2, -0.15) is 0 Å². The summed E-state index contributed by atoms with van der Waals surface area (Å²) in [6, 6.07) is 9.93. The number of H-pyrrole nitrogens is 1. The Balaban J connectivity index is 2.36. The molecule has 0 aliphatic carbocycles. The van der Waals surface area contributed by atoms with Crippen LogP contribution in [0.5, 0.6) is 5.88 Å². The lowest BCUT2D eigenvalue weighted by Gasteiger charge is -1.94. The van der Waals surface area contributed by atoms with Crippen molar-refractivity contribution in [2.45, 2.75) is 0 Å². The van der Waals surface area contributed by atoms with E-state index in [1.165, 1.54) is 0 Å². The molecule has 2 aromatic rings. The lowest BCUT2D eigenvalue weighted by Crippen LogP contribution is -1.82. The van der Waals surface area contributed by atoms with Gasteiger partial charge in [-0.15, -0.1) is 0 Å². The SMILES string of the molecule is COc1cnc(-c2ccccc2)[nH]1. The molecule has 66 valence electrons. The lowest BCUT2D eigenvalue weighted by molar-refractivity contribution is 0.400. The standard InChI is InChI=1S/C10H10N2O/c1-13-9-7-11-10(12-9)8-5-3-2-4-6-8/h2-7H,1H3,(H,11,12). The third-order valence-electron chi connectivity index (χ3n) is 1.82. The van der Waals surface area contributed by atoms with Gasteiger partial charge in [0.2, 0.25) is 5.88 Å². The van der Waals surface area contributed by atoms with Crippen LogP contribution in [0.15, 0.2) is 36.5 Å². The number of benzene rings is 1. The number of hydrogen-bond donors (Lipinski definition) is 1. The number of nitrogens with one attached hydrogen (secondary N) is 1. The van der Waals surface area contributed by atoms with Crippen LogP contribution in [-0.4, -0.2) is 17.1 Å². The van der Waals surface area contributed by atoms with E-state index in [9.17, 15) is 0 Å². The minimum absolute atomic E-state index is 0.679. The van der Waals surface area contributed by atoms with Crippen LogP contribution in [0.1, 0.15) is 0 Å². The molecule has 0 fully saturated rings. The van der Waals surface area contributed by atoms with Crippen molar-refractivity contribution in [3.05, 3.63) is 36.5 Å². The number of hydrogen-bond acceptors (Lipinski definition) is 2. The molecular formula is C10H10N2O. The number of methoxy groups -OCH3 is 1. The first-order chi connectivity index (χ1) is 6.40. The van der Waals surface area contributed by atoms with Gasteiger partial charge in [-0.25, -0.2) is 4.98 Å². The quantitative estimate of drug-likeness (QED) is 0.756. The normalized spacial score (nSPS) is 9.92. The maximum absolute atomic E-state index is 5.00. The van der Waals surface area contributed by atoms with Crippen LogP contribution in [-0.2, 0) is 0 Å². The van der Waals surface area contributed by atoms with Crippen LogP contribution < -0.4 is 4.74 Å². The molecule has 0 bridgehead atoms. The molecule has 2 rings (SSSR count). The molecule has 0 radical (unpaired) electrons. The van der Waals surface area contributed by atoms with Crippen LogP contribution in [0.3, 0.4) is 0 Å². The molecule has 0 atom stereocenters. The monoisotopic (exact) mass is 174 g/mol. The summed E-state index contributed by atoms with van der Waals surface area (Å²) in [5, 5.41) is 0. The largest absolute Gasteiger partial charge is 0.481 e. The first-order valence-electron chi connectivity index (χ1n) is 4.04. The Morgan fingerprint density at radius 3 is 2.62 bits per heavy atom. The van der Waals surface area contributed by atoms with E-state index >= 15 is 0 Å². The highest BCUT2D eigenvalue weighted by Gasteiger charge is 2.01. The summed E-state index contributed by atoms with van der Waals surface area (Å²) in [6.45, 7) is 0. The second-order valence-corrected chi connectivity index (χ2v) is 2.67. The first-order valence-corrected chi connectivity index (χ1v) is 4.04. The van der Waals surface area contributed by atoms with E-state index in [1.807, 2.05) is 30.3 Å². The summed E-state index contributed by atoms with van der Waals surface area (Å²) < 4.78 is 5.00. The van der Waals surface area contributed by atoms with E-state index in [4.69, 9.17) is 4.74 Å². The van der Waals surface area contributed by atoms with Gasteiger partial charge in [-0.3, -0.25) is 0 Å². The molecule has 1 N–H and O–H groups in total. The number of ether oxygens (including phenoxy) is 1. The maximum atomic E-state index is 5.00. The highest BCUT2D eigenvalue weighted by molar-refractivity contribution is 5.55. The average Bonchev–Trinajstić information content (AvgIpc) is 2.67. The van der Waals surface area contributed by atoms with Crippen LogP contribution in [0.4, 0.5) is 0 Å². The zero-order valence-corrected chi connectivity index (χ0v) is 7.32. The zero-order chi connectivity index (χ0) is 9.10. The fourth-order valence-electron chi connectivity index (χ4n) is 1.15. The Morgan fingerprint density at radius 1 is 1.23 bits per heavy atom. The molecule has 0 saturated carbocycles. The minimum atomic E-state index is 0.679. The topological polar surface area (TPSA) is 37.9 Å². The molecule has 3 nitrogen and oxygen atoms in total. The van der Waals surface area contributed by atoms with E-state index in [0.717, 1.165) is 11.4 Å². The van der Waals surface area contributed by atoms with Crippen LogP contribution in [0.2, 0.25) is 0 Å². The highest BCUT2D eigenvalue weighted by atomic mass is 16.5. The van der Waals surface area contributed by atoms with Crippen molar-refractivity contribution in [3.8, 4) is 17.3 Å². The molecular weight excluding hydrogens is 164 g/mol. The van der Waals surface area contributed by atoms with Gasteiger partial charge in [-0.05, 0) is 0 Å². The van der Waals surface area contributed by atoms with Gasteiger partial charge in [0.25, 0.3) is 0 Å². The molecule has 0 spiro atoms. The van der Waals surface area contributed by atoms with Crippen LogP contribution >= 0.6 is 0 Å². The summed E-state index contributed by atoms with van der Waals surface area (Å²) in [5.74, 6) is 1.51. The molecule has 1 heterocycles. The molecule has 0 saturated heterocycles. The average molecular weight is 174 g/mol. The molecule has 0 aliphatic rings. The van der Waals surface area contributed by atoms with Crippen LogP contribution in [0.25, 0.3) is 11.4 Å². The Kier molecular flexibility index (Phi) is 2.00. The van der Waals surface area contributed by atoms with Crippen molar-refractivity contribution < 1.29 is 4.74 Å². The number of imidazole rings is 1. The van der Waals surface area contributed by atoms with E-state index in [0.29, 0.717) is 5.88 Å². The van der Waals surface area contributed by atoms with Gasteiger partial charge in [0.05, 0.1) is 13.3 Å². The van der Waals surface area contributed by atoms with Crippen molar-refractivity contribution >= 4 is 0 Å². The fourth-order valence-corrected chi connectivity index (χ4v) is 1.15. The van der Waals surface area contributed by atoms with Gasteiger partial charge >= 0.3 is 0 Å². The van der Waals surface area contributed by atoms with E-state index in [1.54, 1.807) is 13.3 Å². The predicted molar refractivity (Wildman–Crippen MR) is 50.6 cm³/mol. The fraction of sp³-hybridized carbons (Fsp3) is 0.100.